The van der Waals surface area contributed by atoms with Crippen molar-refractivity contribution in [2.45, 2.75) is 38.6 Å². The molecule has 2 heterocycles. The number of ether oxygens (including phenoxy) is 1. The van der Waals surface area contributed by atoms with Crippen molar-refractivity contribution in [3.8, 4) is 0 Å². The van der Waals surface area contributed by atoms with Crippen molar-refractivity contribution in [3.63, 3.8) is 0 Å². The maximum atomic E-state index is 5.80. The molecule has 1 fully saturated rings. The van der Waals surface area contributed by atoms with Crippen LogP contribution in [0.25, 0.3) is 0 Å². The van der Waals surface area contributed by atoms with Crippen LogP contribution in [0.4, 0.5) is 5.82 Å². The average Bonchev–Trinajstić information content (AvgIpc) is 2.63. The molecule has 15 heavy (non-hydrogen) atoms. The number of nitrogens with zero attached hydrogens (tertiary/aromatic N) is 3. The highest BCUT2D eigenvalue weighted by Crippen LogP contribution is 2.22. The predicted molar refractivity (Wildman–Crippen MR) is 57.5 cm³/mol. The van der Waals surface area contributed by atoms with Crippen molar-refractivity contribution >= 4 is 5.82 Å². The highest BCUT2D eigenvalue weighted by Gasteiger charge is 2.20. The Hall–Kier alpha value is -1.10. The second-order valence-corrected chi connectivity index (χ2v) is 3.99. The summed E-state index contributed by atoms with van der Waals surface area (Å²) in [7, 11) is 0. The van der Waals surface area contributed by atoms with Crippen molar-refractivity contribution in [1.29, 1.82) is 0 Å². The first-order valence-electron chi connectivity index (χ1n) is 5.60. The third kappa shape index (κ3) is 2.12. The number of nitrogens with two attached hydrogens (primary N) is 1. The molecule has 1 atom stereocenters. The van der Waals surface area contributed by atoms with Crippen LogP contribution in [0.15, 0.2) is 0 Å². The summed E-state index contributed by atoms with van der Waals surface area (Å²) in [5.74, 6) is 0.572. The number of nitrogen functional groups attached to an aromatic ring is 1. The Labute approximate surface area is 89.6 Å². The molecule has 1 aliphatic heterocycles. The van der Waals surface area contributed by atoms with Gasteiger partial charge in [-0.25, -0.2) is 4.68 Å². The first kappa shape index (κ1) is 10.4. The van der Waals surface area contributed by atoms with E-state index in [1.807, 2.05) is 4.68 Å². The van der Waals surface area contributed by atoms with Gasteiger partial charge >= 0.3 is 0 Å². The first-order valence-corrected chi connectivity index (χ1v) is 5.60. The lowest BCUT2D eigenvalue weighted by Crippen LogP contribution is -2.23. The summed E-state index contributed by atoms with van der Waals surface area (Å²) in [4.78, 5) is 0. The molecule has 1 aliphatic rings. The second kappa shape index (κ2) is 4.61. The van der Waals surface area contributed by atoms with E-state index in [0.29, 0.717) is 11.9 Å². The van der Waals surface area contributed by atoms with Gasteiger partial charge < -0.3 is 10.5 Å². The lowest BCUT2D eigenvalue weighted by molar-refractivity contribution is 0.0532. The van der Waals surface area contributed by atoms with Gasteiger partial charge in [0.05, 0.1) is 18.3 Å². The Morgan fingerprint density at radius 2 is 2.47 bits per heavy atom. The van der Waals surface area contributed by atoms with Crippen molar-refractivity contribution in [1.82, 2.24) is 15.0 Å². The number of hydrogen-bond donors (Lipinski definition) is 1. The molecule has 5 nitrogen and oxygen atoms in total. The zero-order chi connectivity index (χ0) is 10.7. The van der Waals surface area contributed by atoms with Gasteiger partial charge in [-0.05, 0) is 19.3 Å². The van der Waals surface area contributed by atoms with Crippen LogP contribution >= 0.6 is 0 Å². The lowest BCUT2D eigenvalue weighted by Gasteiger charge is -2.23. The summed E-state index contributed by atoms with van der Waals surface area (Å²) in [6, 6.07) is 0.324. The number of hydrogen-bond acceptors (Lipinski definition) is 4. The van der Waals surface area contributed by atoms with Crippen LogP contribution in [-0.2, 0) is 11.2 Å². The Kier molecular flexibility index (Phi) is 3.20. The minimum Gasteiger partial charge on any atom is -0.381 e. The normalized spacial score (nSPS) is 21.8. The molecule has 2 N–H and O–H groups in total. The predicted octanol–water partition coefficient (Wildman–Crippen LogP) is 1.16. The molecule has 2 rings (SSSR count). The summed E-state index contributed by atoms with van der Waals surface area (Å²) >= 11 is 0. The second-order valence-electron chi connectivity index (χ2n) is 3.99. The van der Waals surface area contributed by atoms with Crippen molar-refractivity contribution in [3.05, 3.63) is 5.69 Å². The van der Waals surface area contributed by atoms with Crippen LogP contribution in [0.2, 0.25) is 0 Å². The molecule has 84 valence electrons. The van der Waals surface area contributed by atoms with Crippen molar-refractivity contribution in [2.24, 2.45) is 0 Å². The smallest absolute Gasteiger partial charge is 0.169 e. The van der Waals surface area contributed by atoms with Crippen LogP contribution in [0, 0.1) is 0 Å². The van der Waals surface area contributed by atoms with Gasteiger partial charge in [-0.15, -0.1) is 5.10 Å². The van der Waals surface area contributed by atoms with Crippen LogP contribution in [0.1, 0.15) is 37.9 Å². The monoisotopic (exact) mass is 210 g/mol. The standard InChI is InChI=1S/C10H18N4O/c1-2-4-9-10(11)12-13-14(9)8-5-3-6-15-7-8/h8H,2-7,11H2,1H3. The van der Waals surface area contributed by atoms with E-state index in [9.17, 15) is 0 Å². The minimum absolute atomic E-state index is 0.324. The van der Waals surface area contributed by atoms with Crippen molar-refractivity contribution < 1.29 is 4.74 Å². The molecular weight excluding hydrogens is 192 g/mol. The van der Waals surface area contributed by atoms with Gasteiger partial charge in [0, 0.05) is 6.61 Å². The number of anilines is 1. The summed E-state index contributed by atoms with van der Waals surface area (Å²) in [6.07, 6.45) is 4.20. The fourth-order valence-corrected chi connectivity index (χ4v) is 2.01. The zero-order valence-corrected chi connectivity index (χ0v) is 9.15. The Morgan fingerprint density at radius 3 is 3.13 bits per heavy atom. The van der Waals surface area contributed by atoms with E-state index in [0.717, 1.165) is 44.6 Å². The fourth-order valence-electron chi connectivity index (χ4n) is 2.01. The highest BCUT2D eigenvalue weighted by atomic mass is 16.5. The molecule has 1 aromatic rings. The van der Waals surface area contributed by atoms with Gasteiger partial charge in [-0.3, -0.25) is 0 Å². The maximum absolute atomic E-state index is 5.80. The molecule has 1 unspecified atom stereocenters. The summed E-state index contributed by atoms with van der Waals surface area (Å²) in [6.45, 7) is 3.73. The molecule has 0 amide bonds. The van der Waals surface area contributed by atoms with Gasteiger partial charge in [0.2, 0.25) is 0 Å². The lowest BCUT2D eigenvalue weighted by atomic mass is 10.1. The molecule has 5 heteroatoms. The SMILES string of the molecule is CCCc1c(N)nnn1C1CCCOC1. The van der Waals surface area contributed by atoms with Gasteiger partial charge in [-0.1, -0.05) is 18.6 Å². The van der Waals surface area contributed by atoms with E-state index in [2.05, 4.69) is 17.2 Å². The minimum atomic E-state index is 0.324. The van der Waals surface area contributed by atoms with E-state index in [1.54, 1.807) is 0 Å². The molecule has 0 radical (unpaired) electrons. The number of rotatable bonds is 3. The van der Waals surface area contributed by atoms with E-state index in [1.165, 1.54) is 0 Å². The fraction of sp³-hybridized carbons (Fsp3) is 0.800. The molecule has 1 saturated heterocycles. The molecule has 0 spiro atoms. The summed E-state index contributed by atoms with van der Waals surface area (Å²) in [5.41, 5.74) is 6.86. The quantitative estimate of drug-likeness (QED) is 0.813. The third-order valence-electron chi connectivity index (χ3n) is 2.79. The first-order chi connectivity index (χ1) is 7.33. The molecule has 0 saturated carbocycles. The largest absolute Gasteiger partial charge is 0.381 e. The Bertz CT molecular complexity index is 317. The van der Waals surface area contributed by atoms with Gasteiger partial charge in [0.25, 0.3) is 0 Å². The molecule has 0 aliphatic carbocycles. The topological polar surface area (TPSA) is 66.0 Å². The van der Waals surface area contributed by atoms with Crippen LogP contribution < -0.4 is 5.73 Å². The molecule has 0 bridgehead atoms. The zero-order valence-electron chi connectivity index (χ0n) is 9.15. The third-order valence-corrected chi connectivity index (χ3v) is 2.79. The number of aromatic nitrogens is 3. The van der Waals surface area contributed by atoms with Crippen LogP contribution in [-0.4, -0.2) is 28.2 Å². The van der Waals surface area contributed by atoms with E-state index in [-0.39, 0.29) is 0 Å². The molecule has 0 aromatic carbocycles. The Morgan fingerprint density at radius 1 is 1.60 bits per heavy atom. The highest BCUT2D eigenvalue weighted by molar-refractivity contribution is 5.33. The van der Waals surface area contributed by atoms with E-state index < -0.39 is 0 Å². The summed E-state index contributed by atoms with van der Waals surface area (Å²) < 4.78 is 7.41. The van der Waals surface area contributed by atoms with Gasteiger partial charge in [-0.2, -0.15) is 0 Å². The van der Waals surface area contributed by atoms with Crippen LogP contribution in [0.5, 0.6) is 0 Å². The Balaban J connectivity index is 2.18. The van der Waals surface area contributed by atoms with Gasteiger partial charge in [0.1, 0.15) is 0 Å². The average molecular weight is 210 g/mol. The van der Waals surface area contributed by atoms with Gasteiger partial charge in [0.15, 0.2) is 5.82 Å². The van der Waals surface area contributed by atoms with Crippen molar-refractivity contribution in [2.75, 3.05) is 18.9 Å². The summed E-state index contributed by atoms with van der Waals surface area (Å²) in [5, 5.41) is 8.07. The molecule has 1 aromatic heterocycles. The van der Waals surface area contributed by atoms with E-state index >= 15 is 0 Å². The van der Waals surface area contributed by atoms with Crippen LogP contribution in [0.3, 0.4) is 0 Å². The maximum Gasteiger partial charge on any atom is 0.169 e. The van der Waals surface area contributed by atoms with E-state index in [4.69, 9.17) is 10.5 Å². The molecular formula is C10H18N4O.